The molecule has 0 saturated carbocycles. The van der Waals surface area contributed by atoms with Crippen molar-refractivity contribution in [1.82, 2.24) is 29.9 Å². The first kappa shape index (κ1) is 23.3. The zero-order chi connectivity index (χ0) is 25.4. The van der Waals surface area contributed by atoms with Crippen LogP contribution in [0.2, 0.25) is 0 Å². The average molecular weight is 485 g/mol. The summed E-state index contributed by atoms with van der Waals surface area (Å²) < 4.78 is 12.5. The number of ether oxygens (including phenoxy) is 2. The van der Waals surface area contributed by atoms with Gasteiger partial charge in [0.1, 0.15) is 11.4 Å². The molecular weight excluding hydrogens is 456 g/mol. The number of hydrogen-bond donors (Lipinski definition) is 2. The molecule has 0 unspecified atom stereocenters. The minimum Gasteiger partial charge on any atom is -0.493 e. The van der Waals surface area contributed by atoms with Gasteiger partial charge in [0.05, 0.1) is 43.3 Å². The highest BCUT2D eigenvalue weighted by Gasteiger charge is 2.28. The molecule has 0 spiro atoms. The van der Waals surface area contributed by atoms with Gasteiger partial charge in [-0.1, -0.05) is 39.0 Å². The van der Waals surface area contributed by atoms with Crippen molar-refractivity contribution >= 4 is 16.8 Å². The van der Waals surface area contributed by atoms with Crippen LogP contribution in [0.3, 0.4) is 0 Å². The molecule has 5 aromatic rings. The van der Waals surface area contributed by atoms with Gasteiger partial charge in [-0.25, -0.2) is 9.67 Å². The van der Waals surface area contributed by atoms with Gasteiger partial charge in [0.15, 0.2) is 23.1 Å². The fourth-order valence-corrected chi connectivity index (χ4v) is 4.29. The lowest BCUT2D eigenvalue weighted by atomic mass is 9.85. The maximum absolute atomic E-state index is 13.8. The van der Waals surface area contributed by atoms with Gasteiger partial charge in [-0.2, -0.15) is 10.2 Å². The van der Waals surface area contributed by atoms with Crippen molar-refractivity contribution in [3.63, 3.8) is 0 Å². The Bertz CT molecular complexity index is 1500. The number of para-hydroxylation sites is 1. The van der Waals surface area contributed by atoms with E-state index in [0.717, 1.165) is 22.3 Å². The number of carbonyl (C=O) groups is 1. The van der Waals surface area contributed by atoms with Crippen molar-refractivity contribution in [1.29, 1.82) is 0 Å². The molecular formula is C27H28N6O3. The highest BCUT2D eigenvalue weighted by atomic mass is 16.5. The summed E-state index contributed by atoms with van der Waals surface area (Å²) in [5, 5.41) is 11.8. The van der Waals surface area contributed by atoms with E-state index in [4.69, 9.17) is 14.5 Å². The molecule has 9 nitrogen and oxygen atoms in total. The molecule has 184 valence electrons. The molecule has 0 bridgehead atoms. The van der Waals surface area contributed by atoms with Crippen LogP contribution in [0.25, 0.3) is 28.2 Å². The molecule has 0 atom stereocenters. The number of carbonyl (C=O) groups excluding carboxylic acids is 1. The van der Waals surface area contributed by atoms with Gasteiger partial charge in [-0.05, 0) is 17.5 Å². The standard InChI is InChI=1S/C27H28N6O3/c1-27(2,3)18-15-29-33(17-9-7-6-8-10-17)25(18)21(34)11-16-14-28-32-24(16)26-30-19-12-22(35-4)23(36-5)13-20(19)31-26/h6-10,12-15H,11H2,1-5H3,(H,28,32)(H,30,31). The van der Waals surface area contributed by atoms with E-state index in [9.17, 15) is 4.79 Å². The molecule has 2 aromatic carbocycles. The number of H-pyrrole nitrogens is 2. The molecule has 5 rings (SSSR count). The number of ketones is 1. The number of methoxy groups -OCH3 is 2. The summed E-state index contributed by atoms with van der Waals surface area (Å²) in [6, 6.07) is 13.3. The molecule has 0 amide bonds. The van der Waals surface area contributed by atoms with Crippen molar-refractivity contribution in [3.8, 4) is 28.7 Å². The molecule has 0 aliphatic carbocycles. The summed E-state index contributed by atoms with van der Waals surface area (Å²) in [6.07, 6.45) is 3.59. The molecule has 9 heteroatoms. The number of aromatic nitrogens is 6. The first-order valence-electron chi connectivity index (χ1n) is 11.6. The maximum Gasteiger partial charge on any atom is 0.186 e. The van der Waals surface area contributed by atoms with Gasteiger partial charge in [-0.3, -0.25) is 9.89 Å². The van der Waals surface area contributed by atoms with Crippen LogP contribution in [0.1, 0.15) is 42.4 Å². The summed E-state index contributed by atoms with van der Waals surface area (Å²) >= 11 is 0. The Kier molecular flexibility index (Phi) is 5.83. The Hall–Kier alpha value is -4.40. The van der Waals surface area contributed by atoms with E-state index in [1.165, 1.54) is 0 Å². The molecule has 0 saturated heterocycles. The molecule has 0 aliphatic heterocycles. The third-order valence-corrected chi connectivity index (χ3v) is 6.13. The first-order chi connectivity index (χ1) is 17.3. The Labute approximate surface area is 208 Å². The fraction of sp³-hybridized carbons (Fsp3) is 0.259. The quantitative estimate of drug-likeness (QED) is 0.319. The summed E-state index contributed by atoms with van der Waals surface area (Å²) in [5.74, 6) is 1.72. The molecule has 3 aromatic heterocycles. The highest BCUT2D eigenvalue weighted by Crippen LogP contribution is 2.33. The third kappa shape index (κ3) is 4.13. The first-order valence-corrected chi connectivity index (χ1v) is 11.6. The minimum absolute atomic E-state index is 0.0524. The minimum atomic E-state index is -0.256. The van der Waals surface area contributed by atoms with Crippen molar-refractivity contribution in [3.05, 3.63) is 71.7 Å². The predicted octanol–water partition coefficient (Wildman–Crippen LogP) is 4.88. The second-order valence-corrected chi connectivity index (χ2v) is 9.58. The number of nitrogens with zero attached hydrogens (tertiary/aromatic N) is 4. The molecule has 36 heavy (non-hydrogen) atoms. The number of rotatable bonds is 7. The van der Waals surface area contributed by atoms with Crippen LogP contribution in [0, 0.1) is 0 Å². The summed E-state index contributed by atoms with van der Waals surface area (Å²) in [5.41, 5.74) is 4.93. The monoisotopic (exact) mass is 484 g/mol. The molecule has 2 N–H and O–H groups in total. The normalized spacial score (nSPS) is 11.7. The summed E-state index contributed by atoms with van der Waals surface area (Å²) in [4.78, 5) is 21.8. The van der Waals surface area contributed by atoms with E-state index in [1.54, 1.807) is 31.3 Å². The predicted molar refractivity (Wildman–Crippen MR) is 137 cm³/mol. The topological polar surface area (TPSA) is 111 Å². The lowest BCUT2D eigenvalue weighted by molar-refractivity contribution is 0.0983. The van der Waals surface area contributed by atoms with Gasteiger partial charge >= 0.3 is 0 Å². The lowest BCUT2D eigenvalue weighted by Crippen LogP contribution is -2.19. The maximum atomic E-state index is 13.8. The van der Waals surface area contributed by atoms with Crippen molar-refractivity contribution in [2.45, 2.75) is 32.6 Å². The lowest BCUT2D eigenvalue weighted by Gasteiger charge is -2.19. The van der Waals surface area contributed by atoms with E-state index >= 15 is 0 Å². The number of nitrogens with one attached hydrogen (secondary N) is 2. The molecule has 3 heterocycles. The third-order valence-electron chi connectivity index (χ3n) is 6.13. The van der Waals surface area contributed by atoms with E-state index < -0.39 is 0 Å². The van der Waals surface area contributed by atoms with E-state index in [1.807, 2.05) is 42.5 Å². The van der Waals surface area contributed by atoms with Crippen molar-refractivity contribution < 1.29 is 14.3 Å². The van der Waals surface area contributed by atoms with Gasteiger partial charge in [0, 0.05) is 29.7 Å². The summed E-state index contributed by atoms with van der Waals surface area (Å²) in [7, 11) is 3.17. The van der Waals surface area contributed by atoms with Gasteiger partial charge < -0.3 is 14.5 Å². The Morgan fingerprint density at radius 1 is 1.03 bits per heavy atom. The number of imidazole rings is 1. The number of hydrogen-bond acceptors (Lipinski definition) is 6. The number of benzene rings is 2. The summed E-state index contributed by atoms with van der Waals surface area (Å²) in [6.45, 7) is 6.24. The van der Waals surface area contributed by atoms with Crippen molar-refractivity contribution in [2.24, 2.45) is 0 Å². The second kappa shape index (κ2) is 8.99. The fourth-order valence-electron chi connectivity index (χ4n) is 4.29. The van der Waals surface area contributed by atoms with Crippen LogP contribution in [0.5, 0.6) is 11.5 Å². The molecule has 0 aliphatic rings. The Morgan fingerprint density at radius 2 is 1.75 bits per heavy atom. The van der Waals surface area contributed by atoms with E-state index in [-0.39, 0.29) is 17.6 Å². The molecule has 0 fully saturated rings. The average Bonchev–Trinajstić information content (AvgIpc) is 3.60. The van der Waals surface area contributed by atoms with Crippen molar-refractivity contribution in [2.75, 3.05) is 14.2 Å². The Morgan fingerprint density at radius 3 is 2.44 bits per heavy atom. The number of Topliss-reactive ketones (excluding diaryl/α,β-unsaturated/α-hetero) is 1. The zero-order valence-electron chi connectivity index (χ0n) is 20.9. The van der Waals surface area contributed by atoms with Gasteiger partial charge in [0.25, 0.3) is 0 Å². The van der Waals surface area contributed by atoms with E-state index in [2.05, 4.69) is 41.1 Å². The van der Waals surface area contributed by atoms with Gasteiger partial charge in [0.2, 0.25) is 0 Å². The Balaban J connectivity index is 1.53. The van der Waals surface area contributed by atoms with Crippen LogP contribution in [0.15, 0.2) is 54.9 Å². The van der Waals surface area contributed by atoms with Crippen LogP contribution in [-0.2, 0) is 11.8 Å². The van der Waals surface area contributed by atoms with Crippen LogP contribution in [-0.4, -0.2) is 49.9 Å². The number of aromatic amines is 2. The van der Waals surface area contributed by atoms with Crippen LogP contribution < -0.4 is 9.47 Å². The van der Waals surface area contributed by atoms with E-state index in [0.29, 0.717) is 34.2 Å². The SMILES string of the molecule is COc1cc2nc(-c3[nH]ncc3CC(=O)c3c(C(C)(C)C)cnn3-c3ccccc3)[nH]c2cc1OC. The van der Waals surface area contributed by atoms with Gasteiger partial charge in [-0.15, -0.1) is 0 Å². The van der Waals surface area contributed by atoms with Crippen LogP contribution in [0.4, 0.5) is 0 Å². The molecule has 0 radical (unpaired) electrons. The van der Waals surface area contributed by atoms with Crippen LogP contribution >= 0.6 is 0 Å². The number of fused-ring (bicyclic) bond motifs is 1. The smallest absolute Gasteiger partial charge is 0.186 e. The second-order valence-electron chi connectivity index (χ2n) is 9.58. The zero-order valence-corrected chi connectivity index (χ0v) is 20.9. The largest absolute Gasteiger partial charge is 0.493 e. The highest BCUT2D eigenvalue weighted by molar-refractivity contribution is 5.99.